The Morgan fingerprint density at radius 1 is 1.33 bits per heavy atom. The van der Waals surface area contributed by atoms with Gasteiger partial charge in [-0.3, -0.25) is 0 Å². The molecule has 15 heavy (non-hydrogen) atoms. The highest BCUT2D eigenvalue weighted by Crippen LogP contribution is 2.13. The van der Waals surface area contributed by atoms with Crippen molar-refractivity contribution >= 4 is 0 Å². The molecule has 1 saturated heterocycles. The molecule has 1 fully saturated rings. The van der Waals surface area contributed by atoms with Crippen LogP contribution in [0.4, 0.5) is 0 Å². The van der Waals surface area contributed by atoms with Crippen LogP contribution in [0, 0.1) is 0 Å². The van der Waals surface area contributed by atoms with E-state index >= 15 is 0 Å². The molecular formula is C11H19N3O. The third-order valence-corrected chi connectivity index (χ3v) is 2.85. The van der Waals surface area contributed by atoms with Gasteiger partial charge in [0.2, 0.25) is 0 Å². The molecule has 0 radical (unpaired) electrons. The number of rotatable bonds is 3. The average molecular weight is 209 g/mol. The molecule has 0 aromatic carbocycles. The highest BCUT2D eigenvalue weighted by molar-refractivity contribution is 5.02. The zero-order valence-electron chi connectivity index (χ0n) is 9.44. The molecule has 0 bridgehead atoms. The second-order valence-corrected chi connectivity index (χ2v) is 4.16. The third-order valence-electron chi connectivity index (χ3n) is 2.85. The fourth-order valence-corrected chi connectivity index (χ4v) is 1.81. The van der Waals surface area contributed by atoms with E-state index in [0.29, 0.717) is 0 Å². The Hall–Kier alpha value is -0.840. The summed E-state index contributed by atoms with van der Waals surface area (Å²) in [4.78, 5) is 2.34. The Morgan fingerprint density at radius 3 is 2.67 bits per heavy atom. The topological polar surface area (TPSA) is 31.6 Å². The van der Waals surface area contributed by atoms with E-state index in [4.69, 9.17) is 4.42 Å². The first-order valence-electron chi connectivity index (χ1n) is 5.49. The van der Waals surface area contributed by atoms with Crippen LogP contribution in [-0.2, 0) is 0 Å². The zero-order valence-corrected chi connectivity index (χ0v) is 9.44. The second kappa shape index (κ2) is 4.79. The summed E-state index contributed by atoms with van der Waals surface area (Å²) in [5, 5.41) is 2.27. The van der Waals surface area contributed by atoms with Gasteiger partial charge < -0.3 is 9.32 Å². The predicted octanol–water partition coefficient (Wildman–Crippen LogP) is 1.09. The second-order valence-electron chi connectivity index (χ2n) is 4.16. The van der Waals surface area contributed by atoms with E-state index in [2.05, 4.69) is 29.3 Å². The quantitative estimate of drug-likeness (QED) is 0.807. The van der Waals surface area contributed by atoms with Gasteiger partial charge in [0.1, 0.15) is 5.76 Å². The fourth-order valence-electron chi connectivity index (χ4n) is 1.81. The van der Waals surface area contributed by atoms with E-state index < -0.39 is 0 Å². The number of hydrazine groups is 1. The van der Waals surface area contributed by atoms with Crippen molar-refractivity contribution in [2.24, 2.45) is 0 Å². The summed E-state index contributed by atoms with van der Waals surface area (Å²) >= 11 is 0. The summed E-state index contributed by atoms with van der Waals surface area (Å²) in [6, 6.07) is 4.19. The summed E-state index contributed by atoms with van der Waals surface area (Å²) in [6.07, 6.45) is 1.72. The smallest absolute Gasteiger partial charge is 0.121 e. The minimum atomic E-state index is 0.253. The predicted molar refractivity (Wildman–Crippen MR) is 59.3 cm³/mol. The van der Waals surface area contributed by atoms with Gasteiger partial charge in [0.25, 0.3) is 0 Å². The lowest BCUT2D eigenvalue weighted by atomic mass is 10.3. The normalized spacial score (nSPS) is 21.7. The van der Waals surface area contributed by atoms with Gasteiger partial charge in [0, 0.05) is 26.2 Å². The lowest BCUT2D eigenvalue weighted by Crippen LogP contribution is -2.51. The Bertz CT molecular complexity index is 278. The van der Waals surface area contributed by atoms with Crippen LogP contribution in [0.2, 0.25) is 0 Å². The molecule has 1 aromatic heterocycles. The number of furan rings is 1. The molecule has 1 aromatic rings. The monoisotopic (exact) mass is 209 g/mol. The minimum absolute atomic E-state index is 0.253. The van der Waals surface area contributed by atoms with Crippen molar-refractivity contribution < 1.29 is 4.42 Å². The largest absolute Gasteiger partial charge is 0.468 e. The molecule has 0 amide bonds. The summed E-state index contributed by atoms with van der Waals surface area (Å²) in [5.41, 5.74) is 3.45. The van der Waals surface area contributed by atoms with E-state index in [-0.39, 0.29) is 6.04 Å². The molecule has 0 saturated carbocycles. The Labute approximate surface area is 90.8 Å². The maximum Gasteiger partial charge on any atom is 0.121 e. The van der Waals surface area contributed by atoms with Crippen molar-refractivity contribution in [3.63, 3.8) is 0 Å². The first kappa shape index (κ1) is 10.7. The number of piperazine rings is 1. The van der Waals surface area contributed by atoms with Gasteiger partial charge in [0.05, 0.1) is 12.3 Å². The van der Waals surface area contributed by atoms with Crippen LogP contribution < -0.4 is 5.43 Å². The number of hydrogen-bond acceptors (Lipinski definition) is 4. The minimum Gasteiger partial charge on any atom is -0.468 e. The number of nitrogens with zero attached hydrogens (tertiary/aromatic N) is 2. The molecule has 1 atom stereocenters. The van der Waals surface area contributed by atoms with E-state index in [0.717, 1.165) is 31.9 Å². The Morgan fingerprint density at radius 2 is 2.07 bits per heavy atom. The summed E-state index contributed by atoms with van der Waals surface area (Å²) < 4.78 is 5.36. The molecule has 4 heteroatoms. The van der Waals surface area contributed by atoms with Crippen molar-refractivity contribution in [3.8, 4) is 0 Å². The summed E-state index contributed by atoms with van der Waals surface area (Å²) in [7, 11) is 2.16. The lowest BCUT2D eigenvalue weighted by Gasteiger charge is -2.34. The van der Waals surface area contributed by atoms with Crippen LogP contribution in [0.5, 0.6) is 0 Å². The van der Waals surface area contributed by atoms with E-state index in [1.807, 2.05) is 12.1 Å². The molecule has 2 rings (SSSR count). The standard InChI is InChI=1S/C11H19N3O/c1-10(11-4-3-9-15-11)12-14-7-5-13(2)6-8-14/h3-4,9-10,12H,5-8H2,1-2H3. The van der Waals surface area contributed by atoms with Gasteiger partial charge in [0.15, 0.2) is 0 Å². The van der Waals surface area contributed by atoms with Gasteiger partial charge in [-0.25, -0.2) is 10.4 Å². The van der Waals surface area contributed by atoms with Crippen molar-refractivity contribution in [2.45, 2.75) is 13.0 Å². The van der Waals surface area contributed by atoms with Crippen LogP contribution in [-0.4, -0.2) is 43.1 Å². The fraction of sp³-hybridized carbons (Fsp3) is 0.636. The van der Waals surface area contributed by atoms with Crippen molar-refractivity contribution in [1.29, 1.82) is 0 Å². The molecule has 0 spiro atoms. The average Bonchev–Trinajstić information content (AvgIpc) is 2.74. The first-order chi connectivity index (χ1) is 7.25. The molecule has 4 nitrogen and oxygen atoms in total. The van der Waals surface area contributed by atoms with E-state index in [1.165, 1.54) is 0 Å². The van der Waals surface area contributed by atoms with Gasteiger partial charge in [-0.2, -0.15) is 0 Å². The van der Waals surface area contributed by atoms with Crippen LogP contribution in [0.1, 0.15) is 18.7 Å². The lowest BCUT2D eigenvalue weighted by molar-refractivity contribution is 0.0857. The van der Waals surface area contributed by atoms with Gasteiger partial charge >= 0.3 is 0 Å². The molecular weight excluding hydrogens is 190 g/mol. The Kier molecular flexibility index (Phi) is 3.41. The molecule has 1 aliphatic heterocycles. The number of nitrogens with one attached hydrogen (secondary N) is 1. The maximum atomic E-state index is 5.36. The van der Waals surface area contributed by atoms with Gasteiger partial charge in [-0.05, 0) is 26.1 Å². The maximum absolute atomic E-state index is 5.36. The molecule has 1 unspecified atom stereocenters. The Balaban J connectivity index is 1.82. The van der Waals surface area contributed by atoms with Crippen molar-refractivity contribution in [1.82, 2.24) is 15.3 Å². The van der Waals surface area contributed by atoms with Crippen LogP contribution in [0.15, 0.2) is 22.8 Å². The summed E-state index contributed by atoms with van der Waals surface area (Å²) in [6.45, 7) is 6.51. The highest BCUT2D eigenvalue weighted by Gasteiger charge is 2.16. The molecule has 2 heterocycles. The van der Waals surface area contributed by atoms with E-state index in [9.17, 15) is 0 Å². The number of likely N-dealkylation sites (N-methyl/N-ethyl adjacent to an activating group) is 1. The van der Waals surface area contributed by atoms with Crippen molar-refractivity contribution in [3.05, 3.63) is 24.2 Å². The SMILES string of the molecule is CC(NN1CCN(C)CC1)c1ccco1. The molecule has 0 aliphatic carbocycles. The molecule has 1 aliphatic rings. The van der Waals surface area contributed by atoms with Gasteiger partial charge in [-0.15, -0.1) is 0 Å². The van der Waals surface area contributed by atoms with E-state index in [1.54, 1.807) is 6.26 Å². The van der Waals surface area contributed by atoms with Crippen molar-refractivity contribution in [2.75, 3.05) is 33.2 Å². The molecule has 1 N–H and O–H groups in total. The molecule has 84 valence electrons. The van der Waals surface area contributed by atoms with Crippen LogP contribution in [0.25, 0.3) is 0 Å². The highest BCUT2D eigenvalue weighted by atomic mass is 16.3. The first-order valence-corrected chi connectivity index (χ1v) is 5.49. The third kappa shape index (κ3) is 2.81. The van der Waals surface area contributed by atoms with Gasteiger partial charge in [-0.1, -0.05) is 0 Å². The number of hydrogen-bond donors (Lipinski definition) is 1. The van der Waals surface area contributed by atoms with Crippen LogP contribution in [0.3, 0.4) is 0 Å². The summed E-state index contributed by atoms with van der Waals surface area (Å²) in [5.74, 6) is 0.994. The zero-order chi connectivity index (χ0) is 10.7. The van der Waals surface area contributed by atoms with Crippen LogP contribution >= 0.6 is 0 Å².